The van der Waals surface area contributed by atoms with E-state index in [0.717, 1.165) is 17.0 Å². The van der Waals surface area contributed by atoms with E-state index < -0.39 is 10.0 Å². The van der Waals surface area contributed by atoms with Crippen molar-refractivity contribution in [1.82, 2.24) is 19.6 Å². The topological polar surface area (TPSA) is 80.5 Å². The maximum Gasteiger partial charge on any atom is 0.252 e. The number of benzene rings is 1. The highest BCUT2D eigenvalue weighted by Crippen LogP contribution is 2.20. The Morgan fingerprint density at radius 1 is 1.08 bits per heavy atom. The van der Waals surface area contributed by atoms with Gasteiger partial charge in [-0.3, -0.25) is 4.31 Å². The van der Waals surface area contributed by atoms with Gasteiger partial charge < -0.3 is 0 Å². The number of aryl methyl sites for hydroxylation is 3. The first-order valence-electron chi connectivity index (χ1n) is 7.48. The van der Waals surface area contributed by atoms with Crippen LogP contribution >= 0.6 is 0 Å². The van der Waals surface area contributed by atoms with Gasteiger partial charge in [0.2, 0.25) is 10.0 Å². The SMILES string of the molecule is Cc1ccc(N(Cc2nc3nc(C)cc(C)n3n2)S(C)(=O)=O)cc1. The van der Waals surface area contributed by atoms with Crippen LogP contribution in [0, 0.1) is 20.8 Å². The first kappa shape index (κ1) is 16.4. The number of anilines is 1. The summed E-state index contributed by atoms with van der Waals surface area (Å²) >= 11 is 0. The molecule has 0 saturated carbocycles. The zero-order valence-electron chi connectivity index (χ0n) is 14.1. The van der Waals surface area contributed by atoms with Crippen LogP contribution in [0.25, 0.3) is 5.78 Å². The van der Waals surface area contributed by atoms with E-state index in [2.05, 4.69) is 15.1 Å². The third-order valence-corrected chi connectivity index (χ3v) is 4.81. The van der Waals surface area contributed by atoms with Gasteiger partial charge in [-0.2, -0.15) is 4.98 Å². The van der Waals surface area contributed by atoms with Gasteiger partial charge >= 0.3 is 0 Å². The van der Waals surface area contributed by atoms with E-state index >= 15 is 0 Å². The molecular weight excluding hydrogens is 326 g/mol. The molecule has 0 unspecified atom stereocenters. The quantitative estimate of drug-likeness (QED) is 0.722. The van der Waals surface area contributed by atoms with Gasteiger partial charge in [0.25, 0.3) is 5.78 Å². The largest absolute Gasteiger partial charge is 0.263 e. The fraction of sp³-hybridized carbons (Fsp3) is 0.312. The predicted octanol–water partition coefficient (Wildman–Crippen LogP) is 2.02. The molecule has 2 heterocycles. The molecule has 1 aromatic carbocycles. The lowest BCUT2D eigenvalue weighted by Crippen LogP contribution is -2.29. The van der Waals surface area contributed by atoms with Gasteiger partial charge in [0.05, 0.1) is 18.5 Å². The Hall–Kier alpha value is -2.48. The van der Waals surface area contributed by atoms with Crippen LogP contribution < -0.4 is 4.31 Å². The Morgan fingerprint density at radius 3 is 2.38 bits per heavy atom. The Bertz CT molecular complexity index is 993. The summed E-state index contributed by atoms with van der Waals surface area (Å²) in [5, 5.41) is 4.39. The van der Waals surface area contributed by atoms with E-state index in [0.29, 0.717) is 17.3 Å². The molecule has 8 heteroatoms. The molecule has 0 saturated heterocycles. The minimum atomic E-state index is -3.46. The highest BCUT2D eigenvalue weighted by molar-refractivity contribution is 7.92. The lowest BCUT2D eigenvalue weighted by Gasteiger charge is -2.20. The van der Waals surface area contributed by atoms with Crippen molar-refractivity contribution in [3.05, 3.63) is 53.1 Å². The summed E-state index contributed by atoms with van der Waals surface area (Å²) in [6, 6.07) is 9.21. The molecule has 0 spiro atoms. The van der Waals surface area contributed by atoms with Crippen molar-refractivity contribution in [2.75, 3.05) is 10.6 Å². The van der Waals surface area contributed by atoms with E-state index in [-0.39, 0.29) is 6.54 Å². The molecule has 0 aliphatic rings. The van der Waals surface area contributed by atoms with Crippen LogP contribution in [0.4, 0.5) is 5.69 Å². The van der Waals surface area contributed by atoms with Crippen molar-refractivity contribution in [2.45, 2.75) is 27.3 Å². The summed E-state index contributed by atoms with van der Waals surface area (Å²) in [6.45, 7) is 5.81. The monoisotopic (exact) mass is 345 g/mol. The number of rotatable bonds is 4. The van der Waals surface area contributed by atoms with Crippen molar-refractivity contribution in [3.63, 3.8) is 0 Å². The second-order valence-electron chi connectivity index (χ2n) is 5.88. The first-order chi connectivity index (χ1) is 11.2. The molecule has 0 amide bonds. The summed E-state index contributed by atoms with van der Waals surface area (Å²) in [7, 11) is -3.46. The summed E-state index contributed by atoms with van der Waals surface area (Å²) in [4.78, 5) is 8.70. The summed E-state index contributed by atoms with van der Waals surface area (Å²) in [5.41, 5.74) is 3.39. The molecule has 0 N–H and O–H groups in total. The second-order valence-corrected chi connectivity index (χ2v) is 7.79. The van der Waals surface area contributed by atoms with Crippen LogP contribution in [0.15, 0.2) is 30.3 Å². The maximum atomic E-state index is 12.2. The maximum absolute atomic E-state index is 12.2. The standard InChI is InChI=1S/C16H19N5O2S/c1-11-5-7-14(8-6-11)20(24(4,22)23)10-15-18-16-17-12(2)9-13(3)21(16)19-15/h5-9H,10H2,1-4H3. The number of aromatic nitrogens is 4. The van der Waals surface area contributed by atoms with Gasteiger partial charge in [-0.15, -0.1) is 5.10 Å². The molecule has 0 radical (unpaired) electrons. The van der Waals surface area contributed by atoms with Crippen molar-refractivity contribution >= 4 is 21.5 Å². The van der Waals surface area contributed by atoms with Gasteiger partial charge in [0, 0.05) is 11.4 Å². The third-order valence-electron chi connectivity index (χ3n) is 3.67. The molecular formula is C16H19N5O2S. The second kappa shape index (κ2) is 5.86. The fourth-order valence-electron chi connectivity index (χ4n) is 2.51. The number of hydrogen-bond donors (Lipinski definition) is 0. The van der Waals surface area contributed by atoms with Crippen molar-refractivity contribution in [2.24, 2.45) is 0 Å². The molecule has 0 aliphatic carbocycles. The van der Waals surface area contributed by atoms with Crippen molar-refractivity contribution < 1.29 is 8.42 Å². The fourth-order valence-corrected chi connectivity index (χ4v) is 3.37. The third kappa shape index (κ3) is 3.23. The summed E-state index contributed by atoms with van der Waals surface area (Å²) < 4.78 is 27.3. The van der Waals surface area contributed by atoms with Crippen molar-refractivity contribution in [1.29, 1.82) is 0 Å². The van der Waals surface area contributed by atoms with Crippen LogP contribution in [0.2, 0.25) is 0 Å². The highest BCUT2D eigenvalue weighted by Gasteiger charge is 2.20. The van der Waals surface area contributed by atoms with E-state index in [1.807, 2.05) is 39.0 Å². The van der Waals surface area contributed by atoms with Gasteiger partial charge in [-0.25, -0.2) is 17.9 Å². The number of nitrogens with zero attached hydrogens (tertiary/aromatic N) is 5. The minimum absolute atomic E-state index is 0.0593. The number of fused-ring (bicyclic) bond motifs is 1. The Balaban J connectivity index is 2.02. The molecule has 0 fully saturated rings. The molecule has 0 atom stereocenters. The zero-order valence-corrected chi connectivity index (χ0v) is 14.9. The van der Waals surface area contributed by atoms with Crippen LogP contribution in [0.5, 0.6) is 0 Å². The summed E-state index contributed by atoms with van der Waals surface area (Å²) in [5.74, 6) is 0.877. The lowest BCUT2D eigenvalue weighted by atomic mass is 10.2. The van der Waals surface area contributed by atoms with Crippen LogP contribution in [0.1, 0.15) is 22.8 Å². The smallest absolute Gasteiger partial charge is 0.252 e. The molecule has 0 bridgehead atoms. The molecule has 3 rings (SSSR count). The molecule has 2 aromatic heterocycles. The van der Waals surface area contributed by atoms with E-state index in [1.54, 1.807) is 16.6 Å². The van der Waals surface area contributed by atoms with E-state index in [4.69, 9.17) is 0 Å². The number of hydrogen-bond acceptors (Lipinski definition) is 5. The molecule has 0 aliphatic heterocycles. The Morgan fingerprint density at radius 2 is 1.75 bits per heavy atom. The Labute approximate surface area is 141 Å². The average Bonchev–Trinajstić information content (AvgIpc) is 2.88. The summed E-state index contributed by atoms with van der Waals surface area (Å²) in [6.07, 6.45) is 1.18. The molecule has 7 nitrogen and oxygen atoms in total. The van der Waals surface area contributed by atoms with Crippen molar-refractivity contribution in [3.8, 4) is 0 Å². The lowest BCUT2D eigenvalue weighted by molar-refractivity contribution is 0.595. The number of sulfonamides is 1. The molecule has 3 aromatic rings. The highest BCUT2D eigenvalue weighted by atomic mass is 32.2. The minimum Gasteiger partial charge on any atom is -0.263 e. The molecule has 24 heavy (non-hydrogen) atoms. The van der Waals surface area contributed by atoms with Gasteiger partial charge in [0.1, 0.15) is 0 Å². The normalized spacial score (nSPS) is 11.8. The Kier molecular flexibility index (Phi) is 4.00. The van der Waals surface area contributed by atoms with Crippen LogP contribution in [0.3, 0.4) is 0 Å². The van der Waals surface area contributed by atoms with Gasteiger partial charge in [-0.05, 0) is 39.0 Å². The van der Waals surface area contributed by atoms with Gasteiger partial charge in [-0.1, -0.05) is 17.7 Å². The van der Waals surface area contributed by atoms with Crippen LogP contribution in [-0.4, -0.2) is 34.3 Å². The van der Waals surface area contributed by atoms with E-state index in [9.17, 15) is 8.42 Å². The van der Waals surface area contributed by atoms with Crippen LogP contribution in [-0.2, 0) is 16.6 Å². The zero-order chi connectivity index (χ0) is 17.5. The average molecular weight is 345 g/mol. The van der Waals surface area contributed by atoms with Gasteiger partial charge in [0.15, 0.2) is 5.82 Å². The predicted molar refractivity (Wildman–Crippen MR) is 92.5 cm³/mol. The molecule has 126 valence electrons. The van der Waals surface area contributed by atoms with E-state index in [1.165, 1.54) is 10.6 Å². The first-order valence-corrected chi connectivity index (χ1v) is 9.33.